The first-order valence-corrected chi connectivity index (χ1v) is 9.94. The van der Waals surface area contributed by atoms with Gasteiger partial charge in [0.1, 0.15) is 12.7 Å². The van der Waals surface area contributed by atoms with Gasteiger partial charge in [-0.25, -0.2) is 0 Å². The second kappa shape index (κ2) is 7.18. The van der Waals surface area contributed by atoms with Crippen molar-refractivity contribution in [1.82, 2.24) is 5.32 Å². The third kappa shape index (κ3) is 3.38. The van der Waals surface area contributed by atoms with Crippen LogP contribution in [0.5, 0.6) is 23.0 Å². The Morgan fingerprint density at radius 3 is 2.54 bits per heavy atom. The average Bonchev–Trinajstić information content (AvgIpc) is 3.21. The molecule has 6 heteroatoms. The first-order chi connectivity index (χ1) is 13.7. The Morgan fingerprint density at radius 2 is 1.68 bits per heavy atom. The maximum atomic E-state index is 11.1. The van der Waals surface area contributed by atoms with Gasteiger partial charge in [0.2, 0.25) is 6.79 Å². The van der Waals surface area contributed by atoms with Crippen LogP contribution in [0.1, 0.15) is 31.2 Å². The van der Waals surface area contributed by atoms with Crippen LogP contribution in [0.15, 0.2) is 42.5 Å². The third-order valence-corrected chi connectivity index (χ3v) is 5.92. The molecular weight excluding hydrogens is 358 g/mol. The number of aliphatic hydroxyl groups is 1. The van der Waals surface area contributed by atoms with E-state index < -0.39 is 5.60 Å². The Balaban J connectivity index is 1.14. The third-order valence-electron chi connectivity index (χ3n) is 5.92. The summed E-state index contributed by atoms with van der Waals surface area (Å²) in [6.45, 7) is 1.54. The van der Waals surface area contributed by atoms with E-state index in [1.54, 1.807) is 0 Å². The number of para-hydroxylation sites is 2. The highest BCUT2D eigenvalue weighted by molar-refractivity contribution is 5.46. The van der Waals surface area contributed by atoms with E-state index in [1.165, 1.54) is 0 Å². The van der Waals surface area contributed by atoms with E-state index in [4.69, 9.17) is 18.9 Å². The van der Waals surface area contributed by atoms with Gasteiger partial charge < -0.3 is 29.4 Å². The highest BCUT2D eigenvalue weighted by atomic mass is 16.7. The van der Waals surface area contributed by atoms with Crippen LogP contribution in [0.4, 0.5) is 0 Å². The lowest BCUT2D eigenvalue weighted by molar-refractivity contribution is -0.00998. The lowest BCUT2D eigenvalue weighted by Gasteiger charge is -2.37. The molecule has 0 saturated heterocycles. The first kappa shape index (κ1) is 17.6. The lowest BCUT2D eigenvalue weighted by atomic mass is 9.77. The molecule has 0 aromatic heterocycles. The summed E-state index contributed by atoms with van der Waals surface area (Å²) in [5.74, 6) is 3.09. The van der Waals surface area contributed by atoms with Crippen LogP contribution in [-0.4, -0.2) is 37.2 Å². The van der Waals surface area contributed by atoms with Gasteiger partial charge in [-0.2, -0.15) is 0 Å². The van der Waals surface area contributed by atoms with Gasteiger partial charge in [-0.05, 0) is 55.5 Å². The Kier molecular flexibility index (Phi) is 4.53. The van der Waals surface area contributed by atoms with Crippen molar-refractivity contribution in [3.05, 3.63) is 48.0 Å². The summed E-state index contributed by atoms with van der Waals surface area (Å²) in [4.78, 5) is 0. The maximum Gasteiger partial charge on any atom is 0.231 e. The quantitative estimate of drug-likeness (QED) is 0.846. The second-order valence-electron chi connectivity index (χ2n) is 7.78. The van der Waals surface area contributed by atoms with Crippen molar-refractivity contribution in [2.24, 2.45) is 0 Å². The molecule has 2 heterocycles. The normalized spacial score (nSPS) is 28.2. The number of nitrogens with one attached hydrogen (secondary N) is 1. The monoisotopic (exact) mass is 383 g/mol. The predicted octanol–water partition coefficient (Wildman–Crippen LogP) is 2.98. The maximum absolute atomic E-state index is 11.1. The van der Waals surface area contributed by atoms with Crippen molar-refractivity contribution in [3.63, 3.8) is 0 Å². The Hall–Kier alpha value is -2.44. The van der Waals surface area contributed by atoms with Crippen LogP contribution in [0.3, 0.4) is 0 Å². The summed E-state index contributed by atoms with van der Waals surface area (Å²) in [6, 6.07) is 13.9. The Morgan fingerprint density at radius 1 is 0.929 bits per heavy atom. The molecular formula is C22H25NO5. The van der Waals surface area contributed by atoms with Gasteiger partial charge >= 0.3 is 0 Å². The first-order valence-electron chi connectivity index (χ1n) is 9.94. The molecule has 0 spiro atoms. The fraction of sp³-hybridized carbons (Fsp3) is 0.455. The molecule has 3 aliphatic rings. The molecule has 2 aromatic rings. The topological polar surface area (TPSA) is 69.2 Å². The largest absolute Gasteiger partial charge is 0.486 e. The SMILES string of the molecule is OC1(c2ccc3c(c2)OCO3)CCC(NCC2COc3ccccc3O2)CC1. The fourth-order valence-electron chi connectivity index (χ4n) is 4.24. The van der Waals surface area contributed by atoms with Crippen LogP contribution >= 0.6 is 0 Å². The highest BCUT2D eigenvalue weighted by Crippen LogP contribution is 2.41. The van der Waals surface area contributed by atoms with Crippen molar-refractivity contribution in [2.75, 3.05) is 19.9 Å². The zero-order valence-corrected chi connectivity index (χ0v) is 15.7. The van der Waals surface area contributed by atoms with E-state index >= 15 is 0 Å². The summed E-state index contributed by atoms with van der Waals surface area (Å²) in [6.07, 6.45) is 3.26. The molecule has 28 heavy (non-hydrogen) atoms. The molecule has 2 N–H and O–H groups in total. The molecule has 1 atom stereocenters. The van der Waals surface area contributed by atoms with Crippen LogP contribution < -0.4 is 24.3 Å². The minimum absolute atomic E-state index is 0.00423. The van der Waals surface area contributed by atoms with Gasteiger partial charge in [0.25, 0.3) is 0 Å². The summed E-state index contributed by atoms with van der Waals surface area (Å²) in [7, 11) is 0. The molecule has 0 bridgehead atoms. The van der Waals surface area contributed by atoms with Gasteiger partial charge in [-0.1, -0.05) is 18.2 Å². The van der Waals surface area contributed by atoms with Crippen LogP contribution in [-0.2, 0) is 5.60 Å². The zero-order chi connectivity index (χ0) is 19.0. The standard InChI is InChI=1S/C22H25NO5/c24-22(15-5-6-19-21(11-15)27-14-26-19)9-7-16(8-10-22)23-12-17-13-25-18-3-1-2-4-20(18)28-17/h1-6,11,16-17,23-24H,7-10,12-14H2. The van der Waals surface area contributed by atoms with Crippen molar-refractivity contribution in [3.8, 4) is 23.0 Å². The Bertz CT molecular complexity index is 847. The van der Waals surface area contributed by atoms with Gasteiger partial charge in [0.05, 0.1) is 5.60 Å². The molecule has 5 rings (SSSR count). The van der Waals surface area contributed by atoms with Crippen molar-refractivity contribution >= 4 is 0 Å². The summed E-state index contributed by atoms with van der Waals surface area (Å²) in [5.41, 5.74) is 0.110. The van der Waals surface area contributed by atoms with Crippen LogP contribution in [0, 0.1) is 0 Å². The van der Waals surface area contributed by atoms with E-state index in [2.05, 4.69) is 5.32 Å². The number of ether oxygens (including phenoxy) is 4. The summed E-state index contributed by atoms with van der Waals surface area (Å²) in [5, 5.41) is 14.7. The van der Waals surface area contributed by atoms with Crippen LogP contribution in [0.25, 0.3) is 0 Å². The van der Waals surface area contributed by atoms with Crippen molar-refractivity contribution in [2.45, 2.75) is 43.4 Å². The summed E-state index contributed by atoms with van der Waals surface area (Å²) < 4.78 is 22.6. The fourth-order valence-corrected chi connectivity index (χ4v) is 4.24. The molecule has 6 nitrogen and oxygen atoms in total. The van der Waals surface area contributed by atoms with E-state index in [0.717, 1.165) is 60.8 Å². The summed E-state index contributed by atoms with van der Waals surface area (Å²) >= 11 is 0. The molecule has 2 aromatic carbocycles. The average molecular weight is 383 g/mol. The van der Waals surface area contributed by atoms with Gasteiger partial charge in [-0.15, -0.1) is 0 Å². The minimum Gasteiger partial charge on any atom is -0.486 e. The van der Waals surface area contributed by atoms with Gasteiger partial charge in [0.15, 0.2) is 23.0 Å². The van der Waals surface area contributed by atoms with Gasteiger partial charge in [0, 0.05) is 12.6 Å². The highest BCUT2D eigenvalue weighted by Gasteiger charge is 2.36. The molecule has 1 fully saturated rings. The van der Waals surface area contributed by atoms with Crippen molar-refractivity contribution in [1.29, 1.82) is 0 Å². The van der Waals surface area contributed by atoms with E-state index in [-0.39, 0.29) is 12.9 Å². The van der Waals surface area contributed by atoms with Crippen molar-refractivity contribution < 1.29 is 24.1 Å². The Labute approximate surface area is 164 Å². The molecule has 1 unspecified atom stereocenters. The minimum atomic E-state index is -0.803. The van der Waals surface area contributed by atoms with E-state index in [0.29, 0.717) is 12.6 Å². The number of benzene rings is 2. The molecule has 0 radical (unpaired) electrons. The molecule has 0 amide bonds. The molecule has 1 saturated carbocycles. The number of hydrogen-bond donors (Lipinski definition) is 2. The van der Waals surface area contributed by atoms with E-state index in [1.807, 2.05) is 42.5 Å². The molecule has 2 aliphatic heterocycles. The lowest BCUT2D eigenvalue weighted by Crippen LogP contribution is -2.45. The molecule has 1 aliphatic carbocycles. The number of rotatable bonds is 4. The second-order valence-corrected chi connectivity index (χ2v) is 7.78. The zero-order valence-electron chi connectivity index (χ0n) is 15.7. The number of hydrogen-bond acceptors (Lipinski definition) is 6. The molecule has 148 valence electrons. The number of fused-ring (bicyclic) bond motifs is 2. The smallest absolute Gasteiger partial charge is 0.231 e. The van der Waals surface area contributed by atoms with E-state index in [9.17, 15) is 5.11 Å². The van der Waals surface area contributed by atoms with Gasteiger partial charge in [-0.3, -0.25) is 0 Å². The predicted molar refractivity (Wildman–Crippen MR) is 103 cm³/mol. The van der Waals surface area contributed by atoms with Crippen LogP contribution in [0.2, 0.25) is 0 Å².